The summed E-state index contributed by atoms with van der Waals surface area (Å²) in [7, 11) is 2.22. The van der Waals surface area contributed by atoms with Crippen molar-refractivity contribution in [2.24, 2.45) is 0 Å². The predicted molar refractivity (Wildman–Crippen MR) is 130 cm³/mol. The minimum absolute atomic E-state index is 0.0252. The summed E-state index contributed by atoms with van der Waals surface area (Å²) in [6.07, 6.45) is 5.98. The van der Waals surface area contributed by atoms with Crippen LogP contribution in [0, 0.1) is 11.8 Å². The summed E-state index contributed by atoms with van der Waals surface area (Å²) >= 11 is 6.61. The highest BCUT2D eigenvalue weighted by molar-refractivity contribution is 6.32. The highest BCUT2D eigenvalue weighted by Crippen LogP contribution is 2.38. The normalized spacial score (nSPS) is 24.3. The maximum Gasteiger partial charge on any atom is 0.258 e. The number of rotatable bonds is 4. The topological polar surface area (TPSA) is 53.0 Å². The Morgan fingerprint density at radius 1 is 1.15 bits per heavy atom. The van der Waals surface area contributed by atoms with Gasteiger partial charge in [-0.25, -0.2) is 0 Å². The van der Waals surface area contributed by atoms with Crippen molar-refractivity contribution in [3.8, 4) is 17.6 Å². The molecule has 5 rings (SSSR count). The van der Waals surface area contributed by atoms with Crippen molar-refractivity contribution in [3.05, 3.63) is 58.1 Å². The standard InChI is InChI=1S/C27H29ClN2O3/c1-29-20-6-7-21(29)16-23(15-20)33-26-10-8-22(17-25(26)28)30-12-11-19-14-18(4-2-3-13-31)5-9-24(19)27(30)32/h5,8-10,14,17,20-21,23,31H,3,6-7,11-13,15-16H2,1H3/t20-,21+,23+. The molecular formula is C27H29ClN2O3. The van der Waals surface area contributed by atoms with E-state index in [4.69, 9.17) is 21.4 Å². The number of hydrogen-bond acceptors (Lipinski definition) is 4. The van der Waals surface area contributed by atoms with Crippen molar-refractivity contribution in [2.45, 2.75) is 56.7 Å². The number of hydrogen-bond donors (Lipinski definition) is 1. The van der Waals surface area contributed by atoms with Crippen LogP contribution >= 0.6 is 11.6 Å². The zero-order chi connectivity index (χ0) is 22.9. The van der Waals surface area contributed by atoms with Crippen LogP contribution in [0.4, 0.5) is 5.69 Å². The van der Waals surface area contributed by atoms with Crippen LogP contribution in [0.3, 0.4) is 0 Å². The van der Waals surface area contributed by atoms with Gasteiger partial charge >= 0.3 is 0 Å². The minimum atomic E-state index is -0.0252. The van der Waals surface area contributed by atoms with Crippen molar-refractivity contribution < 1.29 is 14.6 Å². The maximum absolute atomic E-state index is 13.2. The second kappa shape index (κ2) is 9.38. The van der Waals surface area contributed by atoms with Gasteiger partial charge in [-0.15, -0.1) is 0 Å². The zero-order valence-corrected chi connectivity index (χ0v) is 19.6. The lowest BCUT2D eigenvalue weighted by atomic mass is 9.96. The van der Waals surface area contributed by atoms with Gasteiger partial charge < -0.3 is 19.6 Å². The average Bonchev–Trinajstić information content (AvgIpc) is 3.01. The molecule has 2 aromatic carbocycles. The lowest BCUT2D eigenvalue weighted by molar-refractivity contribution is 0.0662. The first-order valence-corrected chi connectivity index (χ1v) is 12.1. The van der Waals surface area contributed by atoms with Gasteiger partial charge in [0.05, 0.1) is 11.6 Å². The molecule has 2 fully saturated rings. The highest BCUT2D eigenvalue weighted by Gasteiger charge is 2.39. The van der Waals surface area contributed by atoms with E-state index in [1.54, 1.807) is 4.90 Å². The number of halogens is 1. The summed E-state index contributed by atoms with van der Waals surface area (Å²) in [5.41, 5.74) is 3.37. The van der Waals surface area contributed by atoms with E-state index < -0.39 is 0 Å². The lowest BCUT2D eigenvalue weighted by Crippen LogP contribution is -2.43. The van der Waals surface area contributed by atoms with Gasteiger partial charge in [0, 0.05) is 41.9 Å². The van der Waals surface area contributed by atoms with Gasteiger partial charge in [0.1, 0.15) is 11.9 Å². The summed E-state index contributed by atoms with van der Waals surface area (Å²) < 4.78 is 6.30. The van der Waals surface area contributed by atoms with Crippen LogP contribution in [-0.2, 0) is 6.42 Å². The molecule has 2 bridgehead atoms. The third-order valence-electron chi connectivity index (χ3n) is 7.23. The van der Waals surface area contributed by atoms with Gasteiger partial charge in [0.2, 0.25) is 0 Å². The summed E-state index contributed by atoms with van der Waals surface area (Å²) in [6, 6.07) is 12.6. The molecule has 33 heavy (non-hydrogen) atoms. The Labute approximate surface area is 200 Å². The number of aliphatic hydroxyl groups excluding tert-OH is 1. The zero-order valence-electron chi connectivity index (χ0n) is 18.9. The van der Waals surface area contributed by atoms with E-state index in [1.807, 2.05) is 36.4 Å². The molecule has 6 heteroatoms. The molecule has 3 heterocycles. The number of carbonyl (C=O) groups excluding carboxylic acids is 1. The SMILES string of the molecule is CN1[C@@H]2CC[C@H]1C[C@@H](Oc1ccc(N3CCc4cc(C#CCCO)ccc4C3=O)cc1Cl)C2. The largest absolute Gasteiger partial charge is 0.489 e. The molecule has 2 aromatic rings. The molecule has 0 saturated carbocycles. The molecular weight excluding hydrogens is 436 g/mol. The van der Waals surface area contributed by atoms with Crippen LogP contribution < -0.4 is 9.64 Å². The summed E-state index contributed by atoms with van der Waals surface area (Å²) in [6.45, 7) is 0.644. The van der Waals surface area contributed by atoms with Crippen LogP contribution in [0.5, 0.6) is 5.75 Å². The Morgan fingerprint density at radius 2 is 1.94 bits per heavy atom. The summed E-state index contributed by atoms with van der Waals surface area (Å²) in [4.78, 5) is 17.5. The Kier molecular flexibility index (Phi) is 6.34. The van der Waals surface area contributed by atoms with Gasteiger partial charge in [-0.3, -0.25) is 4.79 Å². The third kappa shape index (κ3) is 4.48. The first-order valence-electron chi connectivity index (χ1n) is 11.8. The van der Waals surface area contributed by atoms with E-state index in [0.717, 1.165) is 36.1 Å². The Balaban J connectivity index is 1.29. The smallest absolute Gasteiger partial charge is 0.258 e. The van der Waals surface area contributed by atoms with Crippen molar-refractivity contribution in [2.75, 3.05) is 25.1 Å². The average molecular weight is 465 g/mol. The predicted octanol–water partition coefficient (Wildman–Crippen LogP) is 4.28. The number of nitrogens with zero attached hydrogens (tertiary/aromatic N) is 2. The van der Waals surface area contributed by atoms with Gasteiger partial charge in [-0.05, 0) is 81.1 Å². The molecule has 3 aliphatic heterocycles. The highest BCUT2D eigenvalue weighted by atomic mass is 35.5. The minimum Gasteiger partial charge on any atom is -0.489 e. The Hall–Kier alpha value is -2.52. The van der Waals surface area contributed by atoms with Crippen molar-refractivity contribution in [1.82, 2.24) is 4.90 Å². The molecule has 2 saturated heterocycles. The quantitative estimate of drug-likeness (QED) is 0.686. The number of benzene rings is 2. The number of anilines is 1. The summed E-state index contributed by atoms with van der Waals surface area (Å²) in [5, 5.41) is 9.44. The van der Waals surface area contributed by atoms with E-state index in [0.29, 0.717) is 41.4 Å². The number of carbonyl (C=O) groups is 1. The van der Waals surface area contributed by atoms with Crippen LogP contribution in [0.15, 0.2) is 36.4 Å². The first kappa shape index (κ1) is 22.3. The third-order valence-corrected chi connectivity index (χ3v) is 7.53. The second-order valence-electron chi connectivity index (χ2n) is 9.23. The van der Waals surface area contributed by atoms with Gasteiger partial charge in [0.25, 0.3) is 5.91 Å². The van der Waals surface area contributed by atoms with Crippen LogP contribution in [0.25, 0.3) is 0 Å². The summed E-state index contributed by atoms with van der Waals surface area (Å²) in [5.74, 6) is 6.65. The second-order valence-corrected chi connectivity index (χ2v) is 9.64. The van der Waals surface area contributed by atoms with E-state index >= 15 is 0 Å². The fraction of sp³-hybridized carbons (Fsp3) is 0.444. The lowest BCUT2D eigenvalue weighted by Gasteiger charge is -2.36. The molecule has 5 nitrogen and oxygen atoms in total. The monoisotopic (exact) mass is 464 g/mol. The number of piperidine rings is 1. The first-order chi connectivity index (χ1) is 16.0. The van der Waals surface area contributed by atoms with E-state index in [1.165, 1.54) is 12.8 Å². The van der Waals surface area contributed by atoms with Gasteiger partial charge in [-0.1, -0.05) is 23.4 Å². The van der Waals surface area contributed by atoms with Crippen molar-refractivity contribution >= 4 is 23.2 Å². The van der Waals surface area contributed by atoms with E-state index in [9.17, 15) is 4.79 Å². The molecule has 0 aliphatic carbocycles. The molecule has 172 valence electrons. The fourth-order valence-electron chi connectivity index (χ4n) is 5.42. The van der Waals surface area contributed by atoms with Crippen LogP contribution in [-0.4, -0.2) is 54.3 Å². The number of amides is 1. The number of aliphatic hydroxyl groups is 1. The molecule has 3 aliphatic rings. The van der Waals surface area contributed by atoms with Crippen LogP contribution in [0.1, 0.15) is 53.6 Å². The Morgan fingerprint density at radius 3 is 2.67 bits per heavy atom. The molecule has 0 radical (unpaired) electrons. The fourth-order valence-corrected chi connectivity index (χ4v) is 5.64. The van der Waals surface area contributed by atoms with Gasteiger partial charge in [0.15, 0.2) is 0 Å². The van der Waals surface area contributed by atoms with Crippen molar-refractivity contribution in [1.29, 1.82) is 0 Å². The molecule has 0 unspecified atom stereocenters. The molecule has 3 atom stereocenters. The molecule has 0 aromatic heterocycles. The van der Waals surface area contributed by atoms with E-state index in [2.05, 4.69) is 23.8 Å². The van der Waals surface area contributed by atoms with Crippen LogP contribution in [0.2, 0.25) is 5.02 Å². The molecule has 1 N–H and O–H groups in total. The van der Waals surface area contributed by atoms with Crippen molar-refractivity contribution in [3.63, 3.8) is 0 Å². The molecule has 1 amide bonds. The molecule has 0 spiro atoms. The van der Waals surface area contributed by atoms with E-state index in [-0.39, 0.29) is 18.6 Å². The Bertz CT molecular complexity index is 1110. The number of fused-ring (bicyclic) bond motifs is 3. The number of ether oxygens (including phenoxy) is 1. The maximum atomic E-state index is 13.2. The van der Waals surface area contributed by atoms with Gasteiger partial charge in [-0.2, -0.15) is 0 Å².